The van der Waals surface area contributed by atoms with Gasteiger partial charge < -0.3 is 9.84 Å². The Bertz CT molecular complexity index is 1370. The summed E-state index contributed by atoms with van der Waals surface area (Å²) in [6.07, 6.45) is 1.99. The predicted octanol–water partition coefficient (Wildman–Crippen LogP) is 3.60. The van der Waals surface area contributed by atoms with E-state index in [1.54, 1.807) is 4.57 Å². The molecule has 4 aromatic rings. The van der Waals surface area contributed by atoms with Crippen molar-refractivity contribution < 1.29 is 14.6 Å². The van der Waals surface area contributed by atoms with E-state index in [0.717, 1.165) is 5.56 Å². The van der Waals surface area contributed by atoms with Crippen LogP contribution in [0.5, 0.6) is 0 Å². The second-order valence-corrected chi connectivity index (χ2v) is 9.06. The maximum Gasteiger partial charge on any atom is 0.336 e. The summed E-state index contributed by atoms with van der Waals surface area (Å²) in [5, 5.41) is 10.4. The van der Waals surface area contributed by atoms with Crippen molar-refractivity contribution in [2.75, 3.05) is 0 Å². The van der Waals surface area contributed by atoms with Crippen LogP contribution in [0.15, 0.2) is 41.5 Å². The van der Waals surface area contributed by atoms with Crippen LogP contribution >= 0.6 is 11.3 Å². The number of aromatic nitrogens is 3. The Labute approximate surface area is 175 Å². The van der Waals surface area contributed by atoms with E-state index < -0.39 is 11.6 Å². The zero-order chi connectivity index (χ0) is 21.0. The lowest BCUT2D eigenvalue weighted by Crippen LogP contribution is -2.33. The third-order valence-corrected chi connectivity index (χ3v) is 6.45. The highest BCUT2D eigenvalue weighted by Crippen LogP contribution is 2.38. The molecule has 0 aliphatic carbocycles. The van der Waals surface area contributed by atoms with Gasteiger partial charge in [0.25, 0.3) is 5.56 Å². The number of carboxylic acid groups (broad SMARTS) is 1. The largest absolute Gasteiger partial charge is 0.478 e. The number of carboxylic acids is 1. The summed E-state index contributed by atoms with van der Waals surface area (Å²) in [5.74, 6) is -1.06. The van der Waals surface area contributed by atoms with Crippen molar-refractivity contribution in [2.45, 2.75) is 39.0 Å². The maximum atomic E-state index is 13.1. The van der Waals surface area contributed by atoms with Gasteiger partial charge in [0, 0.05) is 12.0 Å². The molecule has 4 heterocycles. The Morgan fingerprint density at radius 3 is 2.80 bits per heavy atom. The van der Waals surface area contributed by atoms with Gasteiger partial charge in [0.15, 0.2) is 0 Å². The van der Waals surface area contributed by atoms with Crippen LogP contribution < -0.4 is 5.56 Å². The molecular weight excluding hydrogens is 402 g/mol. The second-order valence-electron chi connectivity index (χ2n) is 8.07. The van der Waals surface area contributed by atoms with Crippen LogP contribution in [0.3, 0.4) is 0 Å². The number of pyridine rings is 1. The highest BCUT2D eigenvalue weighted by Gasteiger charge is 2.33. The molecule has 7 nitrogen and oxygen atoms in total. The van der Waals surface area contributed by atoms with E-state index in [1.807, 2.05) is 44.2 Å². The number of fused-ring (bicyclic) bond motifs is 4. The fourth-order valence-corrected chi connectivity index (χ4v) is 5.04. The van der Waals surface area contributed by atoms with Gasteiger partial charge in [-0.1, -0.05) is 30.3 Å². The van der Waals surface area contributed by atoms with Crippen molar-refractivity contribution in [3.8, 4) is 0 Å². The molecule has 152 valence electrons. The topological polar surface area (TPSA) is 94.3 Å². The molecule has 3 aromatic heterocycles. The monoisotopic (exact) mass is 421 g/mol. The molecule has 1 N–H and O–H groups in total. The van der Waals surface area contributed by atoms with Crippen LogP contribution in [-0.4, -0.2) is 31.2 Å². The average molecular weight is 421 g/mol. The lowest BCUT2D eigenvalue weighted by Gasteiger charge is -2.31. The minimum Gasteiger partial charge on any atom is -0.478 e. The van der Waals surface area contributed by atoms with Crippen LogP contribution in [0.4, 0.5) is 0 Å². The van der Waals surface area contributed by atoms with Crippen molar-refractivity contribution in [1.29, 1.82) is 0 Å². The minimum absolute atomic E-state index is 0.143. The summed E-state index contributed by atoms with van der Waals surface area (Å²) >= 11 is 1.21. The zero-order valence-electron chi connectivity index (χ0n) is 16.5. The molecule has 1 aliphatic rings. The molecule has 1 aliphatic heterocycles. The molecule has 0 amide bonds. The third kappa shape index (κ3) is 3.00. The minimum atomic E-state index is -1.06. The summed E-state index contributed by atoms with van der Waals surface area (Å²) in [7, 11) is 0. The number of benzene rings is 1. The Morgan fingerprint density at radius 1 is 1.30 bits per heavy atom. The van der Waals surface area contributed by atoms with E-state index in [9.17, 15) is 14.7 Å². The Kier molecular flexibility index (Phi) is 4.23. The Hall–Kier alpha value is -3.10. The molecule has 0 saturated carbocycles. The fourth-order valence-electron chi connectivity index (χ4n) is 3.93. The number of ether oxygens (including phenoxy) is 1. The first kappa shape index (κ1) is 18.9. The number of hydrogen-bond donors (Lipinski definition) is 1. The van der Waals surface area contributed by atoms with Gasteiger partial charge in [0.2, 0.25) is 0 Å². The van der Waals surface area contributed by atoms with Crippen LogP contribution in [0.25, 0.3) is 20.4 Å². The maximum absolute atomic E-state index is 13.1. The number of nitrogens with zero attached hydrogens (tertiary/aromatic N) is 3. The van der Waals surface area contributed by atoms with E-state index in [4.69, 9.17) is 9.72 Å². The summed E-state index contributed by atoms with van der Waals surface area (Å²) < 4.78 is 7.80. The number of hydrogen-bond acceptors (Lipinski definition) is 6. The normalized spacial score (nSPS) is 15.4. The van der Waals surface area contributed by atoms with Gasteiger partial charge in [-0.3, -0.25) is 9.36 Å². The molecule has 0 bridgehead atoms. The molecule has 0 saturated heterocycles. The van der Waals surface area contributed by atoms with Crippen LogP contribution in [-0.2, 0) is 24.3 Å². The SMILES string of the molecule is CC1(C)Cc2nc3sc4c(=O)n(Cc5ccccc5)cnc4c3c(C(=O)O)c2CO1. The van der Waals surface area contributed by atoms with Gasteiger partial charge in [0.05, 0.1) is 47.2 Å². The molecule has 0 radical (unpaired) electrons. The van der Waals surface area contributed by atoms with Gasteiger partial charge in [-0.15, -0.1) is 11.3 Å². The average Bonchev–Trinajstić information content (AvgIpc) is 3.07. The highest BCUT2D eigenvalue weighted by molar-refractivity contribution is 7.25. The van der Waals surface area contributed by atoms with Crippen molar-refractivity contribution in [1.82, 2.24) is 14.5 Å². The first-order valence-electron chi connectivity index (χ1n) is 9.58. The molecule has 1 aromatic carbocycles. The summed E-state index contributed by atoms with van der Waals surface area (Å²) in [6.45, 7) is 4.48. The Balaban J connectivity index is 1.75. The van der Waals surface area contributed by atoms with Gasteiger partial charge in [-0.05, 0) is 19.4 Å². The molecule has 0 fully saturated rings. The molecule has 0 unspecified atom stereocenters. The number of aromatic carboxylic acids is 1. The number of thiophene rings is 1. The summed E-state index contributed by atoms with van der Waals surface area (Å²) in [4.78, 5) is 35.1. The van der Waals surface area contributed by atoms with Crippen LogP contribution in [0.1, 0.15) is 41.0 Å². The van der Waals surface area contributed by atoms with Gasteiger partial charge in [0.1, 0.15) is 9.53 Å². The van der Waals surface area contributed by atoms with Crippen molar-refractivity contribution in [3.05, 3.63) is 69.4 Å². The molecule has 5 rings (SSSR count). The lowest BCUT2D eigenvalue weighted by atomic mass is 9.92. The molecular formula is C22H19N3O4S. The molecule has 0 atom stereocenters. The number of rotatable bonds is 3. The van der Waals surface area contributed by atoms with Crippen LogP contribution in [0.2, 0.25) is 0 Å². The Morgan fingerprint density at radius 2 is 2.07 bits per heavy atom. The van der Waals surface area contributed by atoms with Crippen LogP contribution in [0, 0.1) is 0 Å². The smallest absolute Gasteiger partial charge is 0.336 e. The van der Waals surface area contributed by atoms with Gasteiger partial charge in [-0.25, -0.2) is 14.8 Å². The quantitative estimate of drug-likeness (QED) is 0.543. The standard InChI is InChI=1S/C22H19N3O4S/c1-22(2)8-14-13(10-29-22)15(21(27)28)16-17-18(30-19(16)24-14)20(26)25(11-23-17)9-12-6-4-3-5-7-12/h3-7,11H,8-10H2,1-2H3,(H,27,28). The van der Waals surface area contributed by atoms with E-state index in [2.05, 4.69) is 4.98 Å². The van der Waals surface area contributed by atoms with E-state index >= 15 is 0 Å². The van der Waals surface area contributed by atoms with Gasteiger partial charge >= 0.3 is 5.97 Å². The summed E-state index contributed by atoms with van der Waals surface area (Å²) in [5.41, 5.74) is 2.20. The first-order valence-corrected chi connectivity index (χ1v) is 10.4. The highest BCUT2D eigenvalue weighted by atomic mass is 32.1. The number of carbonyl (C=O) groups is 1. The zero-order valence-corrected chi connectivity index (χ0v) is 17.3. The van der Waals surface area contributed by atoms with Gasteiger partial charge in [-0.2, -0.15) is 0 Å². The van der Waals surface area contributed by atoms with E-state index in [1.165, 1.54) is 17.7 Å². The van der Waals surface area contributed by atoms with Crippen molar-refractivity contribution >= 4 is 37.7 Å². The first-order chi connectivity index (χ1) is 14.3. The van der Waals surface area contributed by atoms with E-state index in [-0.39, 0.29) is 17.7 Å². The second kappa shape index (κ2) is 6.72. The predicted molar refractivity (Wildman–Crippen MR) is 114 cm³/mol. The molecule has 30 heavy (non-hydrogen) atoms. The van der Waals surface area contributed by atoms with Crippen molar-refractivity contribution in [3.63, 3.8) is 0 Å². The van der Waals surface area contributed by atoms with E-state index in [0.29, 0.717) is 44.7 Å². The molecule has 0 spiro atoms. The molecule has 8 heteroatoms. The fraction of sp³-hybridized carbons (Fsp3) is 0.273. The van der Waals surface area contributed by atoms with Crippen molar-refractivity contribution in [2.24, 2.45) is 0 Å². The third-order valence-electron chi connectivity index (χ3n) is 5.39. The lowest BCUT2D eigenvalue weighted by molar-refractivity contribution is -0.0415. The summed E-state index contributed by atoms with van der Waals surface area (Å²) in [6, 6.07) is 9.65.